The van der Waals surface area contributed by atoms with E-state index < -0.39 is 0 Å². The number of aromatic nitrogens is 4. The number of carbonyl (C=O) groups is 1. The van der Waals surface area contributed by atoms with Crippen molar-refractivity contribution in [3.63, 3.8) is 0 Å². The summed E-state index contributed by atoms with van der Waals surface area (Å²) >= 11 is 5.99. The number of fused-ring (bicyclic) bond motifs is 1. The van der Waals surface area contributed by atoms with Gasteiger partial charge < -0.3 is 4.90 Å². The van der Waals surface area contributed by atoms with Crippen molar-refractivity contribution < 1.29 is 4.79 Å². The Balaban J connectivity index is 1.60. The van der Waals surface area contributed by atoms with Gasteiger partial charge in [-0.2, -0.15) is 10.2 Å². The van der Waals surface area contributed by atoms with E-state index in [-0.39, 0.29) is 11.9 Å². The van der Waals surface area contributed by atoms with Crippen LogP contribution in [-0.4, -0.2) is 37.3 Å². The second-order valence-electron chi connectivity index (χ2n) is 6.46. The average molecular weight is 370 g/mol. The Morgan fingerprint density at radius 3 is 2.85 bits per heavy atom. The molecule has 0 radical (unpaired) electrons. The molecule has 1 aliphatic rings. The molecule has 0 fully saturated rings. The van der Waals surface area contributed by atoms with Crippen LogP contribution in [0.5, 0.6) is 0 Å². The number of nitrogens with zero attached hydrogens (tertiary/aromatic N) is 4. The summed E-state index contributed by atoms with van der Waals surface area (Å²) in [6, 6.07) is 9.20. The molecule has 0 unspecified atom stereocenters. The molecule has 2 aromatic heterocycles. The highest BCUT2D eigenvalue weighted by molar-refractivity contribution is 6.30. The van der Waals surface area contributed by atoms with Crippen LogP contribution in [0.25, 0.3) is 11.3 Å². The fraction of sp³-hybridized carbons (Fsp3) is 0.316. The standard InChI is InChI=1S/C19H20ClN5O/c1-2-17(25-10-3-9-21-25)19(26)24-11-8-16-15(12-24)18(23-22-16)13-4-6-14(20)7-5-13/h3-7,9-10,17H,2,8,11-12H2,1H3,(H,22,23)/t17-/m1/s1. The zero-order valence-corrected chi connectivity index (χ0v) is 15.3. The number of aromatic amines is 1. The van der Waals surface area contributed by atoms with E-state index in [0.717, 1.165) is 28.9 Å². The fourth-order valence-electron chi connectivity index (χ4n) is 3.48. The van der Waals surface area contributed by atoms with Crippen molar-refractivity contribution in [1.82, 2.24) is 24.9 Å². The maximum Gasteiger partial charge on any atom is 0.247 e. The smallest absolute Gasteiger partial charge is 0.247 e. The highest BCUT2D eigenvalue weighted by Crippen LogP contribution is 2.30. The third-order valence-corrected chi connectivity index (χ3v) is 5.13. The van der Waals surface area contributed by atoms with Gasteiger partial charge in [-0.3, -0.25) is 14.6 Å². The predicted molar refractivity (Wildman–Crippen MR) is 99.7 cm³/mol. The molecule has 0 aliphatic carbocycles. The molecule has 1 aromatic carbocycles. The fourth-order valence-corrected chi connectivity index (χ4v) is 3.61. The van der Waals surface area contributed by atoms with Gasteiger partial charge in [0.25, 0.3) is 0 Å². The van der Waals surface area contributed by atoms with Crippen molar-refractivity contribution in [3.8, 4) is 11.3 Å². The zero-order valence-electron chi connectivity index (χ0n) is 14.5. The molecule has 134 valence electrons. The molecule has 1 atom stereocenters. The lowest BCUT2D eigenvalue weighted by Gasteiger charge is -2.30. The number of hydrogen-bond acceptors (Lipinski definition) is 3. The van der Waals surface area contributed by atoms with Crippen LogP contribution in [0.15, 0.2) is 42.7 Å². The summed E-state index contributed by atoms with van der Waals surface area (Å²) in [4.78, 5) is 15.0. The summed E-state index contributed by atoms with van der Waals surface area (Å²) in [5.41, 5.74) is 4.08. The van der Waals surface area contributed by atoms with Crippen LogP contribution in [-0.2, 0) is 17.8 Å². The molecule has 3 heterocycles. The first-order valence-electron chi connectivity index (χ1n) is 8.77. The van der Waals surface area contributed by atoms with Crippen molar-refractivity contribution in [3.05, 3.63) is 59.0 Å². The first-order valence-corrected chi connectivity index (χ1v) is 9.15. The van der Waals surface area contributed by atoms with Crippen LogP contribution in [0.2, 0.25) is 5.02 Å². The van der Waals surface area contributed by atoms with Gasteiger partial charge in [0.2, 0.25) is 5.91 Å². The lowest BCUT2D eigenvalue weighted by Crippen LogP contribution is -2.40. The molecule has 0 spiro atoms. The van der Waals surface area contributed by atoms with Gasteiger partial charge in [-0.1, -0.05) is 30.7 Å². The monoisotopic (exact) mass is 369 g/mol. The molecule has 0 bridgehead atoms. The second kappa shape index (κ2) is 6.96. The molecule has 4 rings (SSSR count). The van der Waals surface area contributed by atoms with E-state index in [9.17, 15) is 4.79 Å². The van der Waals surface area contributed by atoms with E-state index >= 15 is 0 Å². The molecule has 1 aliphatic heterocycles. The van der Waals surface area contributed by atoms with Crippen molar-refractivity contribution >= 4 is 17.5 Å². The Morgan fingerprint density at radius 2 is 2.15 bits per heavy atom. The molecule has 0 saturated carbocycles. The normalized spacial score (nSPS) is 14.9. The molecular weight excluding hydrogens is 350 g/mol. The van der Waals surface area contributed by atoms with Crippen LogP contribution in [0.4, 0.5) is 0 Å². The Bertz CT molecular complexity index is 901. The second-order valence-corrected chi connectivity index (χ2v) is 6.89. The predicted octanol–water partition coefficient (Wildman–Crippen LogP) is 3.46. The maximum atomic E-state index is 13.1. The summed E-state index contributed by atoms with van der Waals surface area (Å²) in [5, 5.41) is 12.6. The quantitative estimate of drug-likeness (QED) is 0.765. The highest BCUT2D eigenvalue weighted by atomic mass is 35.5. The molecule has 7 heteroatoms. The number of hydrogen-bond donors (Lipinski definition) is 1. The molecule has 26 heavy (non-hydrogen) atoms. The summed E-state index contributed by atoms with van der Waals surface area (Å²) in [6.07, 6.45) is 5.04. The van der Waals surface area contributed by atoms with Gasteiger partial charge in [0.1, 0.15) is 6.04 Å². The average Bonchev–Trinajstić information content (AvgIpc) is 3.32. The van der Waals surface area contributed by atoms with Gasteiger partial charge in [-0.25, -0.2) is 0 Å². The first kappa shape index (κ1) is 16.8. The van der Waals surface area contributed by atoms with Gasteiger partial charge in [0.05, 0.1) is 5.69 Å². The molecule has 1 N–H and O–H groups in total. The van der Waals surface area contributed by atoms with Gasteiger partial charge in [0, 0.05) is 53.7 Å². The van der Waals surface area contributed by atoms with Gasteiger partial charge >= 0.3 is 0 Å². The number of nitrogens with one attached hydrogen (secondary N) is 1. The summed E-state index contributed by atoms with van der Waals surface area (Å²) in [6.45, 7) is 3.25. The number of H-pyrrole nitrogens is 1. The van der Waals surface area contributed by atoms with Crippen LogP contribution in [0, 0.1) is 0 Å². The maximum absolute atomic E-state index is 13.1. The lowest BCUT2D eigenvalue weighted by atomic mass is 10.00. The Morgan fingerprint density at radius 1 is 1.35 bits per heavy atom. The molecule has 0 saturated heterocycles. The van der Waals surface area contributed by atoms with E-state index in [4.69, 9.17) is 11.6 Å². The van der Waals surface area contributed by atoms with Crippen molar-refractivity contribution in [2.75, 3.05) is 6.54 Å². The zero-order chi connectivity index (χ0) is 18.1. The molecular formula is C19H20ClN5O. The summed E-state index contributed by atoms with van der Waals surface area (Å²) in [5.74, 6) is 0.102. The number of amides is 1. The highest BCUT2D eigenvalue weighted by Gasteiger charge is 2.30. The summed E-state index contributed by atoms with van der Waals surface area (Å²) < 4.78 is 1.74. The van der Waals surface area contributed by atoms with E-state index in [1.807, 2.05) is 48.4 Å². The van der Waals surface area contributed by atoms with Gasteiger partial charge in [-0.05, 0) is 24.6 Å². The van der Waals surface area contributed by atoms with Crippen molar-refractivity contribution in [2.24, 2.45) is 0 Å². The first-order chi connectivity index (χ1) is 12.7. The Hall–Kier alpha value is -2.60. The number of halogens is 1. The number of benzene rings is 1. The minimum absolute atomic E-state index is 0.102. The Labute approximate surface area is 156 Å². The van der Waals surface area contributed by atoms with E-state index in [0.29, 0.717) is 24.5 Å². The number of rotatable bonds is 4. The summed E-state index contributed by atoms with van der Waals surface area (Å²) in [7, 11) is 0. The third kappa shape index (κ3) is 3.01. The minimum Gasteiger partial charge on any atom is -0.336 e. The van der Waals surface area contributed by atoms with Crippen LogP contribution in [0.3, 0.4) is 0 Å². The SMILES string of the molecule is CC[C@H](C(=O)N1CCc2[nH]nc(-c3ccc(Cl)cc3)c2C1)n1cccn1. The van der Waals surface area contributed by atoms with Crippen LogP contribution in [0.1, 0.15) is 30.6 Å². The van der Waals surface area contributed by atoms with Crippen LogP contribution >= 0.6 is 11.6 Å². The minimum atomic E-state index is -0.266. The van der Waals surface area contributed by atoms with Crippen molar-refractivity contribution in [2.45, 2.75) is 32.4 Å². The largest absolute Gasteiger partial charge is 0.336 e. The van der Waals surface area contributed by atoms with E-state index in [1.165, 1.54) is 0 Å². The Kier molecular flexibility index (Phi) is 4.51. The lowest BCUT2D eigenvalue weighted by molar-refractivity contribution is -0.136. The van der Waals surface area contributed by atoms with Crippen molar-refractivity contribution in [1.29, 1.82) is 0 Å². The van der Waals surface area contributed by atoms with E-state index in [1.54, 1.807) is 10.9 Å². The molecule has 6 nitrogen and oxygen atoms in total. The number of carbonyl (C=O) groups excluding carboxylic acids is 1. The van der Waals surface area contributed by atoms with E-state index in [2.05, 4.69) is 15.3 Å². The van der Waals surface area contributed by atoms with Crippen LogP contribution < -0.4 is 0 Å². The van der Waals surface area contributed by atoms with Gasteiger partial charge in [-0.15, -0.1) is 0 Å². The molecule has 1 amide bonds. The topological polar surface area (TPSA) is 66.8 Å². The van der Waals surface area contributed by atoms with Gasteiger partial charge in [0.15, 0.2) is 0 Å². The third-order valence-electron chi connectivity index (χ3n) is 4.88. The molecule has 3 aromatic rings.